The summed E-state index contributed by atoms with van der Waals surface area (Å²) in [5, 5.41) is 16.5. The van der Waals surface area contributed by atoms with E-state index in [0.717, 1.165) is 24.5 Å². The highest BCUT2D eigenvalue weighted by molar-refractivity contribution is 6.33. The molecule has 2 aromatic rings. The van der Waals surface area contributed by atoms with Crippen molar-refractivity contribution >= 4 is 34.8 Å². The van der Waals surface area contributed by atoms with Gasteiger partial charge in [0.1, 0.15) is 0 Å². The van der Waals surface area contributed by atoms with E-state index >= 15 is 0 Å². The van der Waals surface area contributed by atoms with E-state index in [1.807, 2.05) is 0 Å². The Balaban J connectivity index is 1.59. The summed E-state index contributed by atoms with van der Waals surface area (Å²) >= 11 is 5.95. The van der Waals surface area contributed by atoms with E-state index in [0.29, 0.717) is 5.69 Å². The number of rotatable bonds is 6. The molecule has 0 aromatic heterocycles. The van der Waals surface area contributed by atoms with Crippen molar-refractivity contribution in [3.05, 3.63) is 68.7 Å². The largest absolute Gasteiger partial charge is 0.348 e. The minimum absolute atomic E-state index is 0.0337. The van der Waals surface area contributed by atoms with E-state index in [9.17, 15) is 19.7 Å². The second kappa shape index (κ2) is 7.53. The summed E-state index contributed by atoms with van der Waals surface area (Å²) in [6, 6.07) is 10.8. The van der Waals surface area contributed by atoms with Crippen molar-refractivity contribution in [2.24, 2.45) is 5.92 Å². The number of halogens is 1. The Morgan fingerprint density at radius 2 is 1.85 bits per heavy atom. The molecule has 0 radical (unpaired) electrons. The summed E-state index contributed by atoms with van der Waals surface area (Å²) in [5.41, 5.74) is 1.38. The lowest BCUT2D eigenvalue weighted by Crippen LogP contribution is -2.23. The first kappa shape index (κ1) is 17.9. The van der Waals surface area contributed by atoms with Crippen LogP contribution < -0.4 is 10.6 Å². The molecule has 1 saturated carbocycles. The molecule has 3 rings (SSSR count). The number of carbonyl (C=O) groups is 2. The molecule has 0 spiro atoms. The topological polar surface area (TPSA) is 101 Å². The second-order valence-corrected chi connectivity index (χ2v) is 6.47. The van der Waals surface area contributed by atoms with Crippen LogP contribution in [0, 0.1) is 16.0 Å². The monoisotopic (exact) mass is 373 g/mol. The zero-order valence-electron chi connectivity index (χ0n) is 13.7. The van der Waals surface area contributed by atoms with Crippen LogP contribution in [-0.2, 0) is 11.3 Å². The summed E-state index contributed by atoms with van der Waals surface area (Å²) in [6.45, 7) is 0.231. The number of nitrogens with one attached hydrogen (secondary N) is 2. The lowest BCUT2D eigenvalue weighted by molar-refractivity contribution is -0.384. The number of amides is 2. The van der Waals surface area contributed by atoms with Crippen molar-refractivity contribution in [2.75, 3.05) is 5.32 Å². The number of nitro benzene ring substituents is 1. The molecular weight excluding hydrogens is 358 g/mol. The Morgan fingerprint density at radius 3 is 2.46 bits per heavy atom. The van der Waals surface area contributed by atoms with Crippen LogP contribution in [0.2, 0.25) is 5.02 Å². The first-order valence-corrected chi connectivity index (χ1v) is 8.44. The Hall–Kier alpha value is -2.93. The third-order valence-corrected chi connectivity index (χ3v) is 4.36. The van der Waals surface area contributed by atoms with Crippen LogP contribution >= 0.6 is 11.6 Å². The highest BCUT2D eigenvalue weighted by Gasteiger charge is 2.29. The summed E-state index contributed by atoms with van der Waals surface area (Å²) in [4.78, 5) is 34.2. The van der Waals surface area contributed by atoms with E-state index in [4.69, 9.17) is 11.6 Å². The zero-order valence-corrected chi connectivity index (χ0v) is 14.5. The number of carbonyl (C=O) groups excluding carboxylic acids is 2. The smallest absolute Gasteiger partial charge is 0.270 e. The number of hydrogen-bond donors (Lipinski definition) is 2. The van der Waals surface area contributed by atoms with Crippen LogP contribution in [0.3, 0.4) is 0 Å². The lowest BCUT2D eigenvalue weighted by atomic mass is 10.1. The molecule has 2 amide bonds. The van der Waals surface area contributed by atoms with Crippen LogP contribution in [-0.4, -0.2) is 16.7 Å². The maximum absolute atomic E-state index is 12.2. The van der Waals surface area contributed by atoms with Gasteiger partial charge in [-0.3, -0.25) is 19.7 Å². The number of anilines is 1. The van der Waals surface area contributed by atoms with Gasteiger partial charge < -0.3 is 10.6 Å². The van der Waals surface area contributed by atoms with Crippen LogP contribution in [0.25, 0.3) is 0 Å². The molecule has 26 heavy (non-hydrogen) atoms. The fourth-order valence-electron chi connectivity index (χ4n) is 2.37. The molecule has 0 aliphatic heterocycles. The van der Waals surface area contributed by atoms with Gasteiger partial charge in [-0.2, -0.15) is 0 Å². The Bertz CT molecular complexity index is 863. The summed E-state index contributed by atoms with van der Waals surface area (Å²) in [7, 11) is 0. The second-order valence-electron chi connectivity index (χ2n) is 6.06. The van der Waals surface area contributed by atoms with Gasteiger partial charge in [0.15, 0.2) is 0 Å². The molecule has 134 valence electrons. The summed E-state index contributed by atoms with van der Waals surface area (Å²) in [5.74, 6) is -0.329. The fraction of sp³-hybridized carbons (Fsp3) is 0.222. The SMILES string of the molecule is O=C(NCc1ccc(NC(=O)C2CC2)cc1)c1cc([N+](=O)[O-])ccc1Cl. The fourth-order valence-corrected chi connectivity index (χ4v) is 2.58. The predicted molar refractivity (Wildman–Crippen MR) is 97.1 cm³/mol. The van der Waals surface area contributed by atoms with Crippen molar-refractivity contribution in [2.45, 2.75) is 19.4 Å². The quantitative estimate of drug-likeness (QED) is 0.597. The lowest BCUT2D eigenvalue weighted by Gasteiger charge is -2.08. The highest BCUT2D eigenvalue weighted by atomic mass is 35.5. The van der Waals surface area contributed by atoms with E-state index in [1.165, 1.54) is 12.1 Å². The minimum Gasteiger partial charge on any atom is -0.348 e. The molecule has 0 bridgehead atoms. The molecule has 0 heterocycles. The number of non-ortho nitro benzene ring substituents is 1. The molecule has 7 nitrogen and oxygen atoms in total. The molecule has 0 atom stereocenters. The van der Waals surface area contributed by atoms with Gasteiger partial charge in [-0.1, -0.05) is 23.7 Å². The van der Waals surface area contributed by atoms with Gasteiger partial charge in [0.2, 0.25) is 5.91 Å². The van der Waals surface area contributed by atoms with E-state index in [1.54, 1.807) is 24.3 Å². The average molecular weight is 374 g/mol. The Morgan fingerprint density at radius 1 is 1.15 bits per heavy atom. The van der Waals surface area contributed by atoms with Gasteiger partial charge in [0.05, 0.1) is 15.5 Å². The maximum Gasteiger partial charge on any atom is 0.270 e. The molecule has 2 aromatic carbocycles. The molecule has 1 aliphatic rings. The van der Waals surface area contributed by atoms with E-state index < -0.39 is 10.8 Å². The number of nitro groups is 1. The third-order valence-electron chi connectivity index (χ3n) is 4.03. The molecular formula is C18H16ClN3O4. The maximum atomic E-state index is 12.2. The van der Waals surface area contributed by atoms with Crippen molar-refractivity contribution < 1.29 is 14.5 Å². The van der Waals surface area contributed by atoms with Gasteiger partial charge >= 0.3 is 0 Å². The van der Waals surface area contributed by atoms with Crippen molar-refractivity contribution in [1.82, 2.24) is 5.32 Å². The number of nitrogens with zero attached hydrogens (tertiary/aromatic N) is 1. The van der Waals surface area contributed by atoms with Crippen LogP contribution in [0.4, 0.5) is 11.4 Å². The average Bonchev–Trinajstić information content (AvgIpc) is 3.46. The van der Waals surface area contributed by atoms with Gasteiger partial charge in [-0.05, 0) is 36.6 Å². The predicted octanol–water partition coefficient (Wildman–Crippen LogP) is 3.53. The Kier molecular flexibility index (Phi) is 5.18. The van der Waals surface area contributed by atoms with Crippen LogP contribution in [0.5, 0.6) is 0 Å². The van der Waals surface area contributed by atoms with Crippen molar-refractivity contribution in [3.8, 4) is 0 Å². The van der Waals surface area contributed by atoms with Gasteiger partial charge in [-0.15, -0.1) is 0 Å². The first-order chi connectivity index (χ1) is 12.4. The van der Waals surface area contributed by atoms with E-state index in [2.05, 4.69) is 10.6 Å². The minimum atomic E-state index is -0.582. The molecule has 2 N–H and O–H groups in total. The van der Waals surface area contributed by atoms with Crippen molar-refractivity contribution in [1.29, 1.82) is 0 Å². The number of hydrogen-bond acceptors (Lipinski definition) is 4. The van der Waals surface area contributed by atoms with Gasteiger partial charge in [0.25, 0.3) is 11.6 Å². The number of benzene rings is 2. The highest BCUT2D eigenvalue weighted by Crippen LogP contribution is 2.30. The third kappa shape index (κ3) is 4.37. The zero-order chi connectivity index (χ0) is 18.7. The van der Waals surface area contributed by atoms with E-state index in [-0.39, 0.29) is 34.6 Å². The Labute approximate surface area is 154 Å². The first-order valence-electron chi connectivity index (χ1n) is 8.06. The standard InChI is InChI=1S/C18H16ClN3O4/c19-16-8-7-14(22(25)26)9-15(16)18(24)20-10-11-1-5-13(6-2-11)21-17(23)12-3-4-12/h1-2,5-9,12H,3-4,10H2,(H,20,24)(H,21,23). The summed E-state index contributed by atoms with van der Waals surface area (Å²) in [6.07, 6.45) is 1.88. The molecule has 1 fully saturated rings. The summed E-state index contributed by atoms with van der Waals surface area (Å²) < 4.78 is 0. The molecule has 0 unspecified atom stereocenters. The molecule has 1 aliphatic carbocycles. The van der Waals surface area contributed by atoms with Gasteiger partial charge in [-0.25, -0.2) is 0 Å². The van der Waals surface area contributed by atoms with Crippen LogP contribution in [0.15, 0.2) is 42.5 Å². The van der Waals surface area contributed by atoms with Gasteiger partial charge in [0, 0.05) is 30.3 Å². The molecule has 0 saturated heterocycles. The van der Waals surface area contributed by atoms with Crippen molar-refractivity contribution in [3.63, 3.8) is 0 Å². The normalized spacial score (nSPS) is 13.1. The molecule has 8 heteroatoms. The van der Waals surface area contributed by atoms with Crippen LogP contribution in [0.1, 0.15) is 28.8 Å².